The molecule has 2 aromatic rings. The Bertz CT molecular complexity index is 768. The van der Waals surface area contributed by atoms with Crippen LogP contribution in [-0.2, 0) is 5.41 Å². The van der Waals surface area contributed by atoms with Gasteiger partial charge in [0.1, 0.15) is 5.75 Å². The molecule has 4 saturated carbocycles. The number of hydrogen-bond acceptors (Lipinski definition) is 1. The van der Waals surface area contributed by atoms with E-state index in [4.69, 9.17) is 4.74 Å². The molecule has 0 atom stereocenters. The van der Waals surface area contributed by atoms with E-state index in [-0.39, 0.29) is 0 Å². The topological polar surface area (TPSA) is 9.23 Å². The summed E-state index contributed by atoms with van der Waals surface area (Å²) in [5.74, 6) is 3.98. The minimum Gasteiger partial charge on any atom is -0.496 e. The lowest BCUT2D eigenvalue weighted by Crippen LogP contribution is -2.48. The van der Waals surface area contributed by atoms with Gasteiger partial charge in [-0.1, -0.05) is 30.3 Å². The smallest absolute Gasteiger partial charge is 0.122 e. The van der Waals surface area contributed by atoms with Crippen molar-refractivity contribution in [2.24, 2.45) is 17.8 Å². The highest BCUT2D eigenvalue weighted by Crippen LogP contribution is 2.62. The van der Waals surface area contributed by atoms with Crippen molar-refractivity contribution in [1.82, 2.24) is 0 Å². The summed E-state index contributed by atoms with van der Waals surface area (Å²) in [5, 5.41) is 0. The molecule has 0 aromatic heterocycles. The van der Waals surface area contributed by atoms with Gasteiger partial charge >= 0.3 is 0 Å². The van der Waals surface area contributed by atoms with Crippen LogP contribution in [-0.4, -0.2) is 7.11 Å². The summed E-state index contributed by atoms with van der Waals surface area (Å²) < 4.78 is 5.86. The zero-order valence-corrected chi connectivity index (χ0v) is 15.4. The normalized spacial score (nSPS) is 32.8. The van der Waals surface area contributed by atoms with Crippen molar-refractivity contribution in [3.8, 4) is 16.9 Å². The summed E-state index contributed by atoms with van der Waals surface area (Å²) in [6.45, 7) is 2.21. The predicted molar refractivity (Wildman–Crippen MR) is 103 cm³/mol. The average molecular weight is 332 g/mol. The summed E-state index contributed by atoms with van der Waals surface area (Å²) in [4.78, 5) is 0. The third kappa shape index (κ3) is 2.43. The third-order valence-electron chi connectivity index (χ3n) is 7.27. The number of methoxy groups -OCH3 is 1. The number of benzene rings is 2. The van der Waals surface area contributed by atoms with Crippen molar-refractivity contribution in [2.45, 2.75) is 50.9 Å². The first kappa shape index (κ1) is 15.5. The summed E-state index contributed by atoms with van der Waals surface area (Å²) in [6, 6.07) is 15.7. The maximum absolute atomic E-state index is 5.86. The summed E-state index contributed by atoms with van der Waals surface area (Å²) in [7, 11) is 1.84. The zero-order valence-electron chi connectivity index (χ0n) is 15.4. The van der Waals surface area contributed by atoms with E-state index < -0.39 is 0 Å². The monoisotopic (exact) mass is 332 g/mol. The molecule has 0 radical (unpaired) electrons. The number of ether oxygens (including phenoxy) is 1. The number of aryl methyl sites for hydroxylation is 1. The maximum Gasteiger partial charge on any atom is 0.122 e. The molecule has 4 bridgehead atoms. The number of rotatable bonds is 3. The summed E-state index contributed by atoms with van der Waals surface area (Å²) in [6.07, 6.45) is 8.60. The molecule has 0 amide bonds. The fourth-order valence-corrected chi connectivity index (χ4v) is 6.63. The fourth-order valence-electron chi connectivity index (χ4n) is 6.63. The average Bonchev–Trinajstić information content (AvgIpc) is 2.60. The molecule has 6 rings (SSSR count). The summed E-state index contributed by atoms with van der Waals surface area (Å²) >= 11 is 0. The van der Waals surface area contributed by atoms with Crippen LogP contribution in [0, 0.1) is 24.7 Å². The van der Waals surface area contributed by atoms with Gasteiger partial charge in [0, 0.05) is 5.56 Å². The Hall–Kier alpha value is -1.76. The third-order valence-corrected chi connectivity index (χ3v) is 7.27. The molecule has 0 aliphatic heterocycles. The predicted octanol–water partition coefficient (Wildman–Crippen LogP) is 6.14. The largest absolute Gasteiger partial charge is 0.496 e. The van der Waals surface area contributed by atoms with Gasteiger partial charge in [0.25, 0.3) is 0 Å². The SMILES string of the molecule is COc1ccc(-c2ccccc2C)cc1C12CC3CC(CC(C3)C1)C2. The van der Waals surface area contributed by atoms with Gasteiger partial charge in [0.15, 0.2) is 0 Å². The van der Waals surface area contributed by atoms with E-state index in [0.717, 1.165) is 23.5 Å². The molecule has 2 aromatic carbocycles. The molecule has 1 heteroatoms. The van der Waals surface area contributed by atoms with Crippen molar-refractivity contribution in [3.05, 3.63) is 53.6 Å². The minimum absolute atomic E-state index is 0.374. The fraction of sp³-hybridized carbons (Fsp3) is 0.500. The molecule has 0 spiro atoms. The minimum atomic E-state index is 0.374. The molecule has 25 heavy (non-hydrogen) atoms. The zero-order chi connectivity index (χ0) is 17.0. The van der Waals surface area contributed by atoms with E-state index >= 15 is 0 Å². The molecule has 1 nitrogen and oxygen atoms in total. The molecule has 4 fully saturated rings. The maximum atomic E-state index is 5.86. The highest BCUT2D eigenvalue weighted by Gasteiger charge is 2.52. The lowest BCUT2D eigenvalue weighted by molar-refractivity contribution is -0.00613. The van der Waals surface area contributed by atoms with Gasteiger partial charge in [-0.05, 0) is 97.4 Å². The standard InChI is InChI=1S/C24H28O/c1-16-5-3-4-6-21(16)20-7-8-23(25-2)22(12-20)24-13-17-9-18(14-24)11-19(10-17)15-24/h3-8,12,17-19H,9-11,13-15H2,1-2H3. The van der Waals surface area contributed by atoms with Crippen LogP contribution in [0.1, 0.15) is 49.7 Å². The van der Waals surface area contributed by atoms with Crippen LogP contribution in [0.2, 0.25) is 0 Å². The highest BCUT2D eigenvalue weighted by molar-refractivity contribution is 5.69. The molecule has 4 aliphatic rings. The molecule has 0 N–H and O–H groups in total. The summed E-state index contributed by atoms with van der Waals surface area (Å²) in [5.41, 5.74) is 5.93. The van der Waals surface area contributed by atoms with E-state index in [2.05, 4.69) is 49.4 Å². The van der Waals surface area contributed by atoms with Crippen LogP contribution < -0.4 is 4.74 Å². The van der Waals surface area contributed by atoms with Crippen molar-refractivity contribution >= 4 is 0 Å². The second kappa shape index (κ2) is 5.62. The van der Waals surface area contributed by atoms with Crippen molar-refractivity contribution < 1.29 is 4.74 Å². The van der Waals surface area contributed by atoms with Crippen LogP contribution in [0.5, 0.6) is 5.75 Å². The molecule has 0 saturated heterocycles. The molecule has 0 heterocycles. The Morgan fingerprint density at radius 2 is 1.52 bits per heavy atom. The van der Waals surface area contributed by atoms with Crippen molar-refractivity contribution in [1.29, 1.82) is 0 Å². The van der Waals surface area contributed by atoms with Crippen molar-refractivity contribution in [2.75, 3.05) is 7.11 Å². The number of hydrogen-bond donors (Lipinski definition) is 0. The Morgan fingerprint density at radius 1 is 0.880 bits per heavy atom. The van der Waals surface area contributed by atoms with Crippen molar-refractivity contribution in [3.63, 3.8) is 0 Å². The second-order valence-corrected chi connectivity index (χ2v) is 8.93. The van der Waals surface area contributed by atoms with Gasteiger partial charge in [-0.25, -0.2) is 0 Å². The molecular weight excluding hydrogens is 304 g/mol. The molecular formula is C24H28O. The van der Waals surface area contributed by atoms with E-state index in [1.807, 2.05) is 7.11 Å². The first-order valence-corrected chi connectivity index (χ1v) is 9.91. The van der Waals surface area contributed by atoms with E-state index in [1.165, 1.54) is 60.8 Å². The Morgan fingerprint density at radius 3 is 2.12 bits per heavy atom. The van der Waals surface area contributed by atoms with Gasteiger partial charge in [0.05, 0.1) is 7.11 Å². The van der Waals surface area contributed by atoms with Gasteiger partial charge in [-0.2, -0.15) is 0 Å². The Balaban J connectivity index is 1.63. The van der Waals surface area contributed by atoms with Gasteiger partial charge in [0.2, 0.25) is 0 Å². The van der Waals surface area contributed by atoms with Crippen LogP contribution in [0.15, 0.2) is 42.5 Å². The molecule has 0 unspecified atom stereocenters. The van der Waals surface area contributed by atoms with E-state index in [9.17, 15) is 0 Å². The highest BCUT2D eigenvalue weighted by atomic mass is 16.5. The van der Waals surface area contributed by atoms with Gasteiger partial charge in [-0.15, -0.1) is 0 Å². The van der Waals surface area contributed by atoms with Crippen LogP contribution in [0.3, 0.4) is 0 Å². The molecule has 130 valence electrons. The Kier molecular flexibility index (Phi) is 3.48. The van der Waals surface area contributed by atoms with Gasteiger partial charge < -0.3 is 4.74 Å². The van der Waals surface area contributed by atoms with E-state index in [0.29, 0.717) is 5.41 Å². The van der Waals surface area contributed by atoms with E-state index in [1.54, 1.807) is 0 Å². The second-order valence-electron chi connectivity index (χ2n) is 8.93. The first-order chi connectivity index (χ1) is 12.2. The quantitative estimate of drug-likeness (QED) is 0.656. The van der Waals surface area contributed by atoms with Crippen LogP contribution in [0.25, 0.3) is 11.1 Å². The van der Waals surface area contributed by atoms with Crippen LogP contribution >= 0.6 is 0 Å². The Labute approximate surface area is 151 Å². The molecule has 4 aliphatic carbocycles. The lowest BCUT2D eigenvalue weighted by Gasteiger charge is -2.57. The first-order valence-electron chi connectivity index (χ1n) is 9.91. The van der Waals surface area contributed by atoms with Crippen LogP contribution in [0.4, 0.5) is 0 Å². The lowest BCUT2D eigenvalue weighted by atomic mass is 9.48. The van der Waals surface area contributed by atoms with Gasteiger partial charge in [-0.3, -0.25) is 0 Å².